The molecule has 0 aromatic heterocycles. The number of nitrogens with two attached hydrogens (primary N) is 2. The van der Waals surface area contributed by atoms with Gasteiger partial charge in [0.15, 0.2) is 0 Å². The van der Waals surface area contributed by atoms with E-state index in [1.54, 1.807) is 18.2 Å². The van der Waals surface area contributed by atoms with Crippen LogP contribution < -0.4 is 22.1 Å². The summed E-state index contributed by atoms with van der Waals surface area (Å²) in [6.07, 6.45) is 1.87. The molecular weight excluding hydrogens is 292 g/mol. The summed E-state index contributed by atoms with van der Waals surface area (Å²) in [5.74, 6) is -1.17. The molecule has 23 heavy (non-hydrogen) atoms. The molecule has 1 heterocycles. The molecule has 126 valence electrons. The quantitative estimate of drug-likeness (QED) is 0.676. The van der Waals surface area contributed by atoms with Crippen molar-refractivity contribution in [2.45, 2.75) is 57.7 Å². The average Bonchev–Trinajstić information content (AvgIpc) is 2.40. The van der Waals surface area contributed by atoms with Gasteiger partial charge in [0.2, 0.25) is 0 Å². The van der Waals surface area contributed by atoms with Crippen molar-refractivity contribution in [2.24, 2.45) is 11.5 Å². The number of nitrogens with one attached hydrogen (secondary N) is 2. The predicted molar refractivity (Wildman–Crippen MR) is 91.4 cm³/mol. The van der Waals surface area contributed by atoms with E-state index in [1.165, 1.54) is 0 Å². The number of hydrogen-bond donors (Lipinski definition) is 4. The lowest BCUT2D eigenvalue weighted by atomic mass is 9.78. The fraction of sp³-hybridized carbons (Fsp3) is 0.529. The number of hydrogen-bond acceptors (Lipinski definition) is 4. The first kappa shape index (κ1) is 17.3. The molecule has 0 bridgehead atoms. The van der Waals surface area contributed by atoms with Crippen LogP contribution in [0.15, 0.2) is 18.2 Å². The van der Waals surface area contributed by atoms with E-state index in [2.05, 4.69) is 38.3 Å². The fourth-order valence-electron chi connectivity index (χ4n) is 3.43. The van der Waals surface area contributed by atoms with E-state index in [1.807, 2.05) is 0 Å². The Bertz CT molecular complexity index is 605. The Balaban J connectivity index is 2.40. The van der Waals surface area contributed by atoms with Crippen molar-refractivity contribution in [1.82, 2.24) is 5.32 Å². The summed E-state index contributed by atoms with van der Waals surface area (Å²) >= 11 is 0. The van der Waals surface area contributed by atoms with Gasteiger partial charge in [0, 0.05) is 17.1 Å². The standard InChI is InChI=1S/C17H26N4O2/c1-16(2)9-8-12(17(3,4)21-16)20-13-10(14(18)22)6-5-7-11(13)15(19)23/h5-7,12,20-21H,8-9H2,1-4H3,(H2,18,22)(H2,19,23). The Kier molecular flexibility index (Phi) is 4.39. The second kappa shape index (κ2) is 5.85. The normalized spacial score (nSPS) is 22.3. The van der Waals surface area contributed by atoms with Crippen LogP contribution in [0, 0.1) is 0 Å². The highest BCUT2D eigenvalue weighted by molar-refractivity contribution is 6.06. The smallest absolute Gasteiger partial charge is 0.250 e. The van der Waals surface area contributed by atoms with Crippen LogP contribution in [0.1, 0.15) is 61.3 Å². The van der Waals surface area contributed by atoms with Crippen LogP contribution in [0.2, 0.25) is 0 Å². The summed E-state index contributed by atoms with van der Waals surface area (Å²) in [6.45, 7) is 8.53. The zero-order chi connectivity index (χ0) is 17.4. The van der Waals surface area contributed by atoms with Gasteiger partial charge in [0.25, 0.3) is 11.8 Å². The zero-order valence-electron chi connectivity index (χ0n) is 14.2. The summed E-state index contributed by atoms with van der Waals surface area (Å²) < 4.78 is 0. The van der Waals surface area contributed by atoms with Crippen molar-refractivity contribution in [1.29, 1.82) is 0 Å². The lowest BCUT2D eigenvalue weighted by Crippen LogP contribution is -2.64. The van der Waals surface area contributed by atoms with Crippen molar-refractivity contribution in [2.75, 3.05) is 5.32 Å². The molecule has 1 unspecified atom stereocenters. The number of piperidine rings is 1. The third kappa shape index (κ3) is 3.64. The number of benzene rings is 1. The topological polar surface area (TPSA) is 110 Å². The maximum Gasteiger partial charge on any atom is 0.250 e. The van der Waals surface area contributed by atoms with Crippen LogP contribution in [0.25, 0.3) is 0 Å². The van der Waals surface area contributed by atoms with E-state index in [9.17, 15) is 9.59 Å². The fourth-order valence-corrected chi connectivity index (χ4v) is 3.43. The third-order valence-corrected chi connectivity index (χ3v) is 4.50. The van der Waals surface area contributed by atoms with Gasteiger partial charge in [-0.05, 0) is 52.7 Å². The molecule has 6 heteroatoms. The van der Waals surface area contributed by atoms with E-state index >= 15 is 0 Å². The van der Waals surface area contributed by atoms with Crippen molar-refractivity contribution >= 4 is 17.5 Å². The summed E-state index contributed by atoms with van der Waals surface area (Å²) in [4.78, 5) is 23.4. The number of anilines is 1. The Labute approximate surface area is 137 Å². The number of carbonyl (C=O) groups excluding carboxylic acids is 2. The lowest BCUT2D eigenvalue weighted by molar-refractivity contribution is 0.0999. The largest absolute Gasteiger partial charge is 0.379 e. The van der Waals surface area contributed by atoms with Gasteiger partial charge in [-0.3, -0.25) is 9.59 Å². The molecule has 6 nitrogen and oxygen atoms in total. The second-order valence-electron chi connectivity index (χ2n) is 7.42. The third-order valence-electron chi connectivity index (χ3n) is 4.50. The molecule has 2 rings (SSSR count). The molecule has 0 radical (unpaired) electrons. The molecule has 1 aromatic carbocycles. The van der Waals surface area contributed by atoms with Gasteiger partial charge in [-0.15, -0.1) is 0 Å². The SMILES string of the molecule is CC1(C)CCC(Nc2c(C(N)=O)cccc2C(N)=O)C(C)(C)N1. The molecule has 2 amide bonds. The molecule has 1 fully saturated rings. The van der Waals surface area contributed by atoms with E-state index in [0.717, 1.165) is 12.8 Å². The zero-order valence-corrected chi connectivity index (χ0v) is 14.2. The molecule has 0 saturated carbocycles. The number of primary amides is 2. The minimum atomic E-state index is -0.586. The number of carbonyl (C=O) groups is 2. The van der Waals surface area contributed by atoms with Crippen molar-refractivity contribution in [3.8, 4) is 0 Å². The highest BCUT2D eigenvalue weighted by atomic mass is 16.1. The van der Waals surface area contributed by atoms with Crippen LogP contribution >= 0.6 is 0 Å². The molecule has 6 N–H and O–H groups in total. The molecule has 1 saturated heterocycles. The molecule has 1 aliphatic heterocycles. The van der Waals surface area contributed by atoms with Gasteiger partial charge in [-0.2, -0.15) is 0 Å². The average molecular weight is 318 g/mol. The van der Waals surface area contributed by atoms with Crippen molar-refractivity contribution < 1.29 is 9.59 Å². The molecule has 1 aliphatic rings. The Hall–Kier alpha value is -2.08. The minimum absolute atomic E-state index is 0.0362. The first-order chi connectivity index (χ1) is 10.5. The lowest BCUT2D eigenvalue weighted by Gasteiger charge is -2.48. The monoisotopic (exact) mass is 318 g/mol. The Morgan fingerprint density at radius 2 is 1.65 bits per heavy atom. The molecule has 0 spiro atoms. The van der Waals surface area contributed by atoms with Crippen LogP contribution in [0.3, 0.4) is 0 Å². The molecule has 1 aromatic rings. The van der Waals surface area contributed by atoms with Crippen molar-refractivity contribution in [3.63, 3.8) is 0 Å². The van der Waals surface area contributed by atoms with Crippen LogP contribution in [-0.4, -0.2) is 28.9 Å². The first-order valence-corrected chi connectivity index (χ1v) is 7.82. The van der Waals surface area contributed by atoms with E-state index in [4.69, 9.17) is 11.5 Å². The summed E-state index contributed by atoms with van der Waals surface area (Å²) in [5.41, 5.74) is 11.7. The Morgan fingerprint density at radius 1 is 1.13 bits per heavy atom. The van der Waals surface area contributed by atoms with Crippen LogP contribution in [0.5, 0.6) is 0 Å². The van der Waals surface area contributed by atoms with Gasteiger partial charge < -0.3 is 22.1 Å². The van der Waals surface area contributed by atoms with Gasteiger partial charge in [0.05, 0.1) is 16.8 Å². The number of amides is 2. The van der Waals surface area contributed by atoms with E-state index < -0.39 is 11.8 Å². The number of rotatable bonds is 4. The first-order valence-electron chi connectivity index (χ1n) is 7.82. The Morgan fingerprint density at radius 3 is 2.09 bits per heavy atom. The van der Waals surface area contributed by atoms with Crippen LogP contribution in [0.4, 0.5) is 5.69 Å². The van der Waals surface area contributed by atoms with Gasteiger partial charge in [0.1, 0.15) is 0 Å². The molecule has 1 atom stereocenters. The minimum Gasteiger partial charge on any atom is -0.379 e. The van der Waals surface area contributed by atoms with Crippen molar-refractivity contribution in [3.05, 3.63) is 29.3 Å². The maximum atomic E-state index is 11.7. The summed E-state index contributed by atoms with van der Waals surface area (Å²) in [7, 11) is 0. The summed E-state index contributed by atoms with van der Waals surface area (Å²) in [6, 6.07) is 4.85. The van der Waals surface area contributed by atoms with E-state index in [0.29, 0.717) is 5.69 Å². The maximum absolute atomic E-state index is 11.7. The molecular formula is C17H26N4O2. The van der Waals surface area contributed by atoms with E-state index in [-0.39, 0.29) is 28.2 Å². The van der Waals surface area contributed by atoms with Gasteiger partial charge in [-0.25, -0.2) is 0 Å². The predicted octanol–water partition coefficient (Wildman–Crippen LogP) is 1.61. The number of para-hydroxylation sites is 1. The summed E-state index contributed by atoms with van der Waals surface area (Å²) in [5, 5.41) is 6.95. The van der Waals surface area contributed by atoms with Gasteiger partial charge in [-0.1, -0.05) is 6.07 Å². The van der Waals surface area contributed by atoms with Gasteiger partial charge >= 0.3 is 0 Å². The molecule has 0 aliphatic carbocycles. The second-order valence-corrected chi connectivity index (χ2v) is 7.42. The van der Waals surface area contributed by atoms with Crippen LogP contribution in [-0.2, 0) is 0 Å². The highest BCUT2D eigenvalue weighted by Gasteiger charge is 2.40. The highest BCUT2D eigenvalue weighted by Crippen LogP contribution is 2.32.